The zero-order valence-corrected chi connectivity index (χ0v) is 7.51. The lowest BCUT2D eigenvalue weighted by molar-refractivity contribution is 0.617. The Morgan fingerprint density at radius 2 is 2.23 bits per heavy atom. The first kappa shape index (κ1) is 7.18. The number of hydrogen-bond acceptors (Lipinski definition) is 3. The average Bonchev–Trinajstić information content (AvgIpc) is 2.88. The smallest absolute Gasteiger partial charge is 0.129 e. The third kappa shape index (κ3) is 0.930. The van der Waals surface area contributed by atoms with Gasteiger partial charge in [-0.2, -0.15) is 0 Å². The summed E-state index contributed by atoms with van der Waals surface area (Å²) in [6.45, 7) is 1.06. The van der Waals surface area contributed by atoms with Gasteiger partial charge in [0.25, 0.3) is 0 Å². The van der Waals surface area contributed by atoms with Gasteiger partial charge in [-0.05, 0) is 25.3 Å². The normalized spacial score (nSPS) is 22.2. The summed E-state index contributed by atoms with van der Waals surface area (Å²) in [5, 5.41) is 3.32. The summed E-state index contributed by atoms with van der Waals surface area (Å²) in [6.07, 6.45) is 5.60. The van der Waals surface area contributed by atoms with E-state index >= 15 is 0 Å². The maximum atomic E-state index is 5.74. The van der Waals surface area contributed by atoms with Crippen LogP contribution in [0.25, 0.3) is 0 Å². The van der Waals surface area contributed by atoms with Gasteiger partial charge < -0.3 is 11.1 Å². The topological polar surface area (TPSA) is 50.9 Å². The molecule has 3 nitrogen and oxygen atoms in total. The lowest BCUT2D eigenvalue weighted by atomic mass is 9.90. The Hall–Kier alpha value is -1.25. The summed E-state index contributed by atoms with van der Waals surface area (Å²) in [7, 11) is 0. The van der Waals surface area contributed by atoms with E-state index in [1.807, 2.05) is 0 Å². The Labute approximate surface area is 77.4 Å². The number of pyridine rings is 1. The van der Waals surface area contributed by atoms with Crippen LogP contribution in [0.15, 0.2) is 12.3 Å². The summed E-state index contributed by atoms with van der Waals surface area (Å²) in [5.74, 6) is 1.05. The van der Waals surface area contributed by atoms with Gasteiger partial charge in [0.05, 0.1) is 11.9 Å². The Kier molecular flexibility index (Phi) is 1.19. The lowest BCUT2D eigenvalue weighted by Gasteiger charge is -2.25. The van der Waals surface area contributed by atoms with E-state index in [1.165, 1.54) is 24.8 Å². The van der Waals surface area contributed by atoms with Crippen LogP contribution in [0.3, 0.4) is 0 Å². The molecule has 2 heterocycles. The third-order valence-corrected chi connectivity index (χ3v) is 3.23. The fraction of sp³-hybridized carbons (Fsp3) is 0.500. The van der Waals surface area contributed by atoms with Gasteiger partial charge in [0.2, 0.25) is 0 Å². The number of rotatable bonds is 0. The van der Waals surface area contributed by atoms with E-state index in [2.05, 4.69) is 16.4 Å². The SMILES string of the molecule is Nc1cnc2c(c1)C1(CCN2)CC1. The van der Waals surface area contributed by atoms with Gasteiger partial charge in [-0.3, -0.25) is 0 Å². The highest BCUT2D eigenvalue weighted by molar-refractivity contribution is 5.58. The van der Waals surface area contributed by atoms with Gasteiger partial charge in [0.1, 0.15) is 5.82 Å². The molecule has 0 unspecified atom stereocenters. The van der Waals surface area contributed by atoms with E-state index in [1.54, 1.807) is 6.20 Å². The number of anilines is 2. The van der Waals surface area contributed by atoms with E-state index in [0.29, 0.717) is 5.41 Å². The maximum Gasteiger partial charge on any atom is 0.129 e. The van der Waals surface area contributed by atoms with Gasteiger partial charge in [-0.1, -0.05) is 0 Å². The largest absolute Gasteiger partial charge is 0.397 e. The first-order valence-corrected chi connectivity index (χ1v) is 4.80. The van der Waals surface area contributed by atoms with Gasteiger partial charge in [-0.15, -0.1) is 0 Å². The summed E-state index contributed by atoms with van der Waals surface area (Å²) in [6, 6.07) is 2.08. The summed E-state index contributed by atoms with van der Waals surface area (Å²) in [4.78, 5) is 4.32. The molecule has 1 fully saturated rings. The van der Waals surface area contributed by atoms with Crippen LogP contribution >= 0.6 is 0 Å². The fourth-order valence-electron chi connectivity index (χ4n) is 2.25. The van der Waals surface area contributed by atoms with Crippen LogP contribution in [0, 0.1) is 0 Å². The van der Waals surface area contributed by atoms with Gasteiger partial charge in [0.15, 0.2) is 0 Å². The van der Waals surface area contributed by atoms with Gasteiger partial charge in [-0.25, -0.2) is 4.98 Å². The fourth-order valence-corrected chi connectivity index (χ4v) is 2.25. The highest BCUT2D eigenvalue weighted by Crippen LogP contribution is 2.54. The van der Waals surface area contributed by atoms with Crippen molar-refractivity contribution in [1.29, 1.82) is 0 Å². The lowest BCUT2D eigenvalue weighted by Crippen LogP contribution is -2.23. The van der Waals surface area contributed by atoms with Crippen LogP contribution in [-0.2, 0) is 5.41 Å². The minimum atomic E-state index is 0.447. The molecule has 3 rings (SSSR count). The van der Waals surface area contributed by atoms with Crippen LogP contribution < -0.4 is 11.1 Å². The van der Waals surface area contributed by atoms with Crippen molar-refractivity contribution < 1.29 is 0 Å². The molecule has 0 amide bonds. The molecule has 1 aromatic heterocycles. The van der Waals surface area contributed by atoms with Crippen molar-refractivity contribution in [2.24, 2.45) is 0 Å². The van der Waals surface area contributed by atoms with Crippen LogP contribution in [0.4, 0.5) is 11.5 Å². The van der Waals surface area contributed by atoms with Crippen LogP contribution in [0.1, 0.15) is 24.8 Å². The number of hydrogen-bond donors (Lipinski definition) is 2. The van der Waals surface area contributed by atoms with Crippen LogP contribution in [0.5, 0.6) is 0 Å². The van der Waals surface area contributed by atoms with E-state index < -0.39 is 0 Å². The van der Waals surface area contributed by atoms with E-state index in [0.717, 1.165) is 18.1 Å². The Balaban J connectivity index is 2.16. The average molecular weight is 175 g/mol. The van der Waals surface area contributed by atoms with Crippen molar-refractivity contribution in [2.45, 2.75) is 24.7 Å². The van der Waals surface area contributed by atoms with Gasteiger partial charge in [0, 0.05) is 17.5 Å². The molecule has 0 aromatic carbocycles. The molecule has 13 heavy (non-hydrogen) atoms. The quantitative estimate of drug-likeness (QED) is 0.628. The Morgan fingerprint density at radius 1 is 1.38 bits per heavy atom. The Bertz CT molecular complexity index is 355. The number of fused-ring (bicyclic) bond motifs is 2. The van der Waals surface area contributed by atoms with Crippen molar-refractivity contribution in [3.63, 3.8) is 0 Å². The first-order chi connectivity index (χ1) is 6.30. The molecule has 0 atom stereocenters. The minimum Gasteiger partial charge on any atom is -0.397 e. The molecule has 3 heteroatoms. The van der Waals surface area contributed by atoms with Crippen LogP contribution in [0.2, 0.25) is 0 Å². The molecule has 1 saturated carbocycles. The molecule has 3 N–H and O–H groups in total. The molecule has 68 valence electrons. The molecule has 1 aromatic rings. The number of nitrogens with one attached hydrogen (secondary N) is 1. The molecule has 0 radical (unpaired) electrons. The van der Waals surface area contributed by atoms with Crippen molar-refractivity contribution in [2.75, 3.05) is 17.6 Å². The molecule has 1 spiro atoms. The van der Waals surface area contributed by atoms with Crippen molar-refractivity contribution in [3.05, 3.63) is 17.8 Å². The van der Waals surface area contributed by atoms with E-state index in [9.17, 15) is 0 Å². The predicted octanol–water partition coefficient (Wildman–Crippen LogP) is 1.51. The number of nitrogens with zero attached hydrogens (tertiary/aromatic N) is 1. The second-order valence-electron chi connectivity index (χ2n) is 4.12. The standard InChI is InChI=1S/C10H13N3/c11-7-5-8-9(13-6-7)12-4-3-10(8)1-2-10/h5-6H,1-4,11H2,(H,12,13). The van der Waals surface area contributed by atoms with Crippen molar-refractivity contribution >= 4 is 11.5 Å². The Morgan fingerprint density at radius 3 is 3.00 bits per heavy atom. The molecule has 2 aliphatic rings. The molecular weight excluding hydrogens is 162 g/mol. The number of nitrogens with two attached hydrogens (primary N) is 1. The summed E-state index contributed by atoms with van der Waals surface area (Å²) in [5.41, 5.74) is 8.32. The maximum absolute atomic E-state index is 5.74. The first-order valence-electron chi connectivity index (χ1n) is 4.80. The molecule has 0 bridgehead atoms. The zero-order chi connectivity index (χ0) is 8.89. The van der Waals surface area contributed by atoms with Gasteiger partial charge >= 0.3 is 0 Å². The third-order valence-electron chi connectivity index (χ3n) is 3.23. The molecule has 1 aliphatic heterocycles. The van der Waals surface area contributed by atoms with Crippen LogP contribution in [-0.4, -0.2) is 11.5 Å². The van der Waals surface area contributed by atoms with Crippen molar-refractivity contribution in [3.8, 4) is 0 Å². The highest BCUT2D eigenvalue weighted by Gasteiger charge is 2.47. The predicted molar refractivity (Wildman–Crippen MR) is 52.7 cm³/mol. The monoisotopic (exact) mass is 175 g/mol. The zero-order valence-electron chi connectivity index (χ0n) is 7.51. The molecule has 0 saturated heterocycles. The minimum absolute atomic E-state index is 0.447. The number of aromatic nitrogens is 1. The number of nitrogen functional groups attached to an aromatic ring is 1. The van der Waals surface area contributed by atoms with E-state index in [4.69, 9.17) is 5.73 Å². The molecule has 1 aliphatic carbocycles. The second-order valence-corrected chi connectivity index (χ2v) is 4.12. The summed E-state index contributed by atoms with van der Waals surface area (Å²) < 4.78 is 0. The molecular formula is C10H13N3. The van der Waals surface area contributed by atoms with E-state index in [-0.39, 0.29) is 0 Å². The second kappa shape index (κ2) is 2.16. The highest BCUT2D eigenvalue weighted by atomic mass is 15.0. The van der Waals surface area contributed by atoms with Crippen molar-refractivity contribution in [1.82, 2.24) is 4.98 Å². The summed E-state index contributed by atoms with van der Waals surface area (Å²) >= 11 is 0.